The molecule has 5 heteroatoms. The van der Waals surface area contributed by atoms with Crippen LogP contribution in [0.2, 0.25) is 0 Å². The lowest BCUT2D eigenvalue weighted by Gasteiger charge is -2.21. The van der Waals surface area contributed by atoms with Crippen molar-refractivity contribution in [2.75, 3.05) is 11.6 Å². The van der Waals surface area contributed by atoms with E-state index in [1.165, 1.54) is 0 Å². The van der Waals surface area contributed by atoms with Gasteiger partial charge in [0, 0.05) is 10.3 Å². The summed E-state index contributed by atoms with van der Waals surface area (Å²) in [5, 5.41) is 5.56. The Hall–Kier alpha value is -1.49. The summed E-state index contributed by atoms with van der Waals surface area (Å²) in [6.45, 7) is 7.13. The van der Waals surface area contributed by atoms with E-state index in [2.05, 4.69) is 10.6 Å². The fourth-order valence-corrected chi connectivity index (χ4v) is 2.02. The zero-order valence-corrected chi connectivity index (χ0v) is 13.4. The van der Waals surface area contributed by atoms with E-state index in [1.54, 1.807) is 18.7 Å². The average molecular weight is 294 g/mol. The summed E-state index contributed by atoms with van der Waals surface area (Å²) < 4.78 is 0. The fourth-order valence-electron chi connectivity index (χ4n) is 1.47. The Morgan fingerprint density at radius 2 is 1.80 bits per heavy atom. The smallest absolute Gasteiger partial charge is 0.246 e. The van der Waals surface area contributed by atoms with Gasteiger partial charge < -0.3 is 10.6 Å². The van der Waals surface area contributed by atoms with Crippen LogP contribution in [0.3, 0.4) is 0 Å². The molecule has 0 heterocycles. The van der Waals surface area contributed by atoms with Gasteiger partial charge in [0.05, 0.1) is 5.69 Å². The summed E-state index contributed by atoms with van der Waals surface area (Å²) in [6, 6.07) is 7.01. The molecule has 0 aromatic heterocycles. The molecule has 1 atom stereocenters. The van der Waals surface area contributed by atoms with Crippen LogP contribution in [0.5, 0.6) is 0 Å². The van der Waals surface area contributed by atoms with Crippen molar-refractivity contribution < 1.29 is 9.59 Å². The maximum Gasteiger partial charge on any atom is 0.246 e. The van der Waals surface area contributed by atoms with Gasteiger partial charge in [-0.1, -0.05) is 32.9 Å². The van der Waals surface area contributed by atoms with E-state index in [4.69, 9.17) is 0 Å². The van der Waals surface area contributed by atoms with Crippen LogP contribution in [0, 0.1) is 5.41 Å². The molecule has 2 N–H and O–H groups in total. The lowest BCUT2D eigenvalue weighted by Crippen LogP contribution is -2.46. The number of amides is 2. The molecule has 1 unspecified atom stereocenters. The molecule has 110 valence electrons. The van der Waals surface area contributed by atoms with E-state index in [1.807, 2.05) is 51.3 Å². The Kier molecular flexibility index (Phi) is 5.62. The zero-order chi connectivity index (χ0) is 15.3. The van der Waals surface area contributed by atoms with E-state index in [9.17, 15) is 9.59 Å². The Morgan fingerprint density at radius 3 is 2.35 bits per heavy atom. The number of hydrogen-bond acceptors (Lipinski definition) is 3. The van der Waals surface area contributed by atoms with E-state index >= 15 is 0 Å². The molecule has 0 saturated carbocycles. The number of para-hydroxylation sites is 1. The molecule has 0 saturated heterocycles. The van der Waals surface area contributed by atoms with E-state index < -0.39 is 11.5 Å². The van der Waals surface area contributed by atoms with Crippen LogP contribution >= 0.6 is 11.8 Å². The van der Waals surface area contributed by atoms with Crippen molar-refractivity contribution in [3.05, 3.63) is 24.3 Å². The molecule has 1 rings (SSSR count). The van der Waals surface area contributed by atoms with Crippen LogP contribution in [0.25, 0.3) is 0 Å². The van der Waals surface area contributed by atoms with Gasteiger partial charge in [-0.3, -0.25) is 9.59 Å². The molecule has 1 aromatic rings. The number of carbonyl (C=O) groups is 2. The predicted octanol–water partition coefficient (Wildman–Crippen LogP) is 2.90. The second-order valence-electron chi connectivity index (χ2n) is 5.63. The van der Waals surface area contributed by atoms with Crippen molar-refractivity contribution >= 4 is 29.3 Å². The molecule has 0 aliphatic heterocycles. The second-order valence-corrected chi connectivity index (χ2v) is 6.48. The minimum atomic E-state index is -0.573. The lowest BCUT2D eigenvalue weighted by molar-refractivity contribution is -0.131. The van der Waals surface area contributed by atoms with Gasteiger partial charge in [0.15, 0.2) is 0 Å². The molecule has 2 amide bonds. The normalized spacial score (nSPS) is 12.7. The minimum Gasteiger partial charge on any atom is -0.344 e. The topological polar surface area (TPSA) is 58.2 Å². The molecule has 20 heavy (non-hydrogen) atoms. The van der Waals surface area contributed by atoms with Gasteiger partial charge in [-0.15, -0.1) is 11.8 Å². The standard InChI is InChI=1S/C15H22N2O2S/c1-10(16-14(19)15(2,3)4)13(18)17-11-8-6-7-9-12(11)20-5/h6-10H,1-5H3,(H,16,19)(H,17,18). The van der Waals surface area contributed by atoms with Crippen LogP contribution in [-0.2, 0) is 9.59 Å². The van der Waals surface area contributed by atoms with Crippen molar-refractivity contribution in [3.63, 3.8) is 0 Å². The summed E-state index contributed by atoms with van der Waals surface area (Å²) >= 11 is 1.57. The van der Waals surface area contributed by atoms with Crippen LogP contribution < -0.4 is 10.6 Å². The Labute approximate surface area is 124 Å². The highest BCUT2D eigenvalue weighted by molar-refractivity contribution is 7.98. The van der Waals surface area contributed by atoms with Gasteiger partial charge in [0.2, 0.25) is 11.8 Å². The summed E-state index contributed by atoms with van der Waals surface area (Å²) in [5.74, 6) is -0.359. The first-order valence-electron chi connectivity index (χ1n) is 6.50. The van der Waals surface area contributed by atoms with Gasteiger partial charge in [0.25, 0.3) is 0 Å². The van der Waals surface area contributed by atoms with Gasteiger partial charge in [-0.2, -0.15) is 0 Å². The minimum absolute atomic E-state index is 0.140. The second kappa shape index (κ2) is 6.79. The zero-order valence-electron chi connectivity index (χ0n) is 12.6. The number of thioether (sulfide) groups is 1. The van der Waals surface area contributed by atoms with Gasteiger partial charge in [-0.05, 0) is 25.3 Å². The molecule has 0 aliphatic rings. The van der Waals surface area contributed by atoms with Crippen LogP contribution in [-0.4, -0.2) is 24.1 Å². The van der Waals surface area contributed by atoms with E-state index in [-0.39, 0.29) is 11.8 Å². The summed E-state index contributed by atoms with van der Waals surface area (Å²) in [5.41, 5.74) is 0.257. The first-order chi connectivity index (χ1) is 9.25. The highest BCUT2D eigenvalue weighted by Crippen LogP contribution is 2.24. The highest BCUT2D eigenvalue weighted by Gasteiger charge is 2.25. The van der Waals surface area contributed by atoms with Gasteiger partial charge >= 0.3 is 0 Å². The molecule has 0 aliphatic carbocycles. The van der Waals surface area contributed by atoms with Gasteiger partial charge in [0.1, 0.15) is 6.04 Å². The number of hydrogen-bond donors (Lipinski definition) is 2. The van der Waals surface area contributed by atoms with E-state index in [0.717, 1.165) is 10.6 Å². The van der Waals surface area contributed by atoms with E-state index in [0.29, 0.717) is 0 Å². The average Bonchev–Trinajstić information content (AvgIpc) is 2.38. The SMILES string of the molecule is CSc1ccccc1NC(=O)C(C)NC(=O)C(C)(C)C. The maximum atomic E-state index is 12.1. The van der Waals surface area contributed by atoms with Crippen LogP contribution in [0.15, 0.2) is 29.2 Å². The fraction of sp³-hybridized carbons (Fsp3) is 0.467. The van der Waals surface area contributed by atoms with Crippen molar-refractivity contribution in [1.82, 2.24) is 5.32 Å². The largest absolute Gasteiger partial charge is 0.344 e. The molecule has 0 bridgehead atoms. The number of carbonyl (C=O) groups excluding carboxylic acids is 2. The molecular weight excluding hydrogens is 272 g/mol. The number of nitrogens with one attached hydrogen (secondary N) is 2. The molecule has 0 radical (unpaired) electrons. The Bertz CT molecular complexity index is 495. The summed E-state index contributed by atoms with van der Waals surface area (Å²) in [7, 11) is 0. The predicted molar refractivity (Wildman–Crippen MR) is 83.9 cm³/mol. The molecule has 4 nitrogen and oxygen atoms in total. The quantitative estimate of drug-likeness (QED) is 0.840. The van der Waals surface area contributed by atoms with Gasteiger partial charge in [-0.25, -0.2) is 0 Å². The number of rotatable bonds is 4. The third kappa shape index (κ3) is 4.56. The maximum absolute atomic E-state index is 12.1. The summed E-state index contributed by atoms with van der Waals surface area (Å²) in [4.78, 5) is 25.0. The van der Waals surface area contributed by atoms with Crippen LogP contribution in [0.1, 0.15) is 27.7 Å². The Balaban J connectivity index is 2.69. The molecule has 1 aromatic carbocycles. The summed E-state index contributed by atoms with van der Waals surface area (Å²) in [6.07, 6.45) is 1.95. The van der Waals surface area contributed by atoms with Crippen LogP contribution in [0.4, 0.5) is 5.69 Å². The molecule has 0 spiro atoms. The first kappa shape index (κ1) is 16.6. The monoisotopic (exact) mass is 294 g/mol. The first-order valence-corrected chi connectivity index (χ1v) is 7.73. The van der Waals surface area contributed by atoms with Crippen molar-refractivity contribution in [2.45, 2.75) is 38.6 Å². The number of anilines is 1. The lowest BCUT2D eigenvalue weighted by atomic mass is 9.95. The molecule has 0 fully saturated rings. The highest BCUT2D eigenvalue weighted by atomic mass is 32.2. The van der Waals surface area contributed by atoms with Crippen molar-refractivity contribution in [1.29, 1.82) is 0 Å². The van der Waals surface area contributed by atoms with Crippen molar-refractivity contribution in [3.8, 4) is 0 Å². The number of benzene rings is 1. The third-order valence-corrected chi connectivity index (χ3v) is 3.58. The van der Waals surface area contributed by atoms with Crippen molar-refractivity contribution in [2.24, 2.45) is 5.41 Å². The third-order valence-electron chi connectivity index (χ3n) is 2.79. The Morgan fingerprint density at radius 1 is 1.20 bits per heavy atom. The molecular formula is C15H22N2O2S.